The number of benzene rings is 3. The third-order valence-electron chi connectivity index (χ3n) is 3.44. The Labute approximate surface area is 150 Å². The van der Waals surface area contributed by atoms with E-state index in [4.69, 9.17) is 23.2 Å². The van der Waals surface area contributed by atoms with E-state index in [1.54, 1.807) is 48.7 Å². The number of hydrogen-bond donors (Lipinski definition) is 0. The Bertz CT molecular complexity index is 905. The Kier molecular flexibility index (Phi) is 5.09. The van der Waals surface area contributed by atoms with Crippen LogP contribution in [0.25, 0.3) is 0 Å². The van der Waals surface area contributed by atoms with Crippen molar-refractivity contribution in [3.63, 3.8) is 0 Å². The number of ketones is 1. The van der Waals surface area contributed by atoms with Crippen molar-refractivity contribution in [3.8, 4) is 0 Å². The summed E-state index contributed by atoms with van der Waals surface area (Å²) in [6, 6.07) is 21.5. The maximum atomic E-state index is 12.7. The summed E-state index contributed by atoms with van der Waals surface area (Å²) in [7, 11) is 0. The van der Waals surface area contributed by atoms with Crippen LogP contribution in [-0.4, -0.2) is 12.0 Å². The second-order valence-electron chi connectivity index (χ2n) is 5.17. The van der Waals surface area contributed by atoms with Crippen LogP contribution in [0.15, 0.2) is 77.8 Å². The van der Waals surface area contributed by atoms with Crippen LogP contribution in [-0.2, 0) is 0 Å². The summed E-state index contributed by atoms with van der Waals surface area (Å²) in [5.41, 5.74) is 2.48. The minimum absolute atomic E-state index is 0.114. The molecule has 0 atom stereocenters. The van der Waals surface area contributed by atoms with E-state index >= 15 is 0 Å². The predicted molar refractivity (Wildman–Crippen MR) is 100 cm³/mol. The first kappa shape index (κ1) is 16.4. The van der Waals surface area contributed by atoms with Crippen molar-refractivity contribution in [1.29, 1.82) is 0 Å². The Morgan fingerprint density at radius 2 is 1.58 bits per heavy atom. The molecule has 0 bridgehead atoms. The fourth-order valence-electron chi connectivity index (χ4n) is 2.28. The number of halogens is 2. The molecular weight excluding hydrogens is 341 g/mol. The lowest BCUT2D eigenvalue weighted by Gasteiger charge is -2.06. The Balaban J connectivity index is 1.98. The van der Waals surface area contributed by atoms with E-state index in [-0.39, 0.29) is 5.78 Å². The summed E-state index contributed by atoms with van der Waals surface area (Å²) in [6.07, 6.45) is 1.68. The molecule has 0 N–H and O–H groups in total. The number of carbonyl (C=O) groups is 1. The van der Waals surface area contributed by atoms with E-state index in [9.17, 15) is 4.79 Å². The molecule has 4 heteroatoms. The summed E-state index contributed by atoms with van der Waals surface area (Å²) < 4.78 is 0. The van der Waals surface area contributed by atoms with E-state index < -0.39 is 0 Å². The Morgan fingerprint density at radius 1 is 0.833 bits per heavy atom. The molecule has 0 unspecified atom stereocenters. The van der Waals surface area contributed by atoms with Crippen LogP contribution in [0.4, 0.5) is 5.69 Å². The van der Waals surface area contributed by atoms with Gasteiger partial charge in [0.15, 0.2) is 5.78 Å². The molecule has 0 aromatic heterocycles. The molecule has 0 aliphatic carbocycles. The number of carbonyl (C=O) groups excluding carboxylic acids is 1. The highest BCUT2D eigenvalue weighted by Crippen LogP contribution is 2.26. The van der Waals surface area contributed by atoms with Gasteiger partial charge in [0.2, 0.25) is 0 Å². The number of rotatable bonds is 4. The quantitative estimate of drug-likeness (QED) is 0.419. The Hall–Kier alpha value is -2.42. The van der Waals surface area contributed by atoms with Crippen molar-refractivity contribution in [1.82, 2.24) is 0 Å². The first-order chi connectivity index (χ1) is 11.6. The molecule has 2 nitrogen and oxygen atoms in total. The minimum Gasteiger partial charge on any atom is -0.289 e. The van der Waals surface area contributed by atoms with Crippen LogP contribution in [0.1, 0.15) is 21.5 Å². The van der Waals surface area contributed by atoms with Crippen molar-refractivity contribution in [2.75, 3.05) is 0 Å². The highest BCUT2D eigenvalue weighted by Gasteiger charge is 2.13. The lowest BCUT2D eigenvalue weighted by atomic mass is 10.0. The van der Waals surface area contributed by atoms with E-state index in [0.29, 0.717) is 26.9 Å². The second-order valence-corrected chi connectivity index (χ2v) is 6.04. The highest BCUT2D eigenvalue weighted by atomic mass is 35.5. The Morgan fingerprint density at radius 3 is 2.33 bits per heavy atom. The molecule has 3 aromatic carbocycles. The average molecular weight is 354 g/mol. The fraction of sp³-hybridized carbons (Fsp3) is 0. The molecule has 0 spiro atoms. The molecule has 0 aliphatic heterocycles. The molecule has 0 saturated heterocycles. The van der Waals surface area contributed by atoms with Crippen LogP contribution in [0.2, 0.25) is 10.0 Å². The molecular formula is C20H13Cl2NO. The zero-order chi connectivity index (χ0) is 16.9. The van der Waals surface area contributed by atoms with Crippen LogP contribution >= 0.6 is 23.2 Å². The summed E-state index contributed by atoms with van der Waals surface area (Å²) in [6.45, 7) is 0. The number of aliphatic imine (C=N–C) groups is 1. The van der Waals surface area contributed by atoms with Crippen molar-refractivity contribution in [2.24, 2.45) is 4.99 Å². The van der Waals surface area contributed by atoms with Gasteiger partial charge in [-0.2, -0.15) is 0 Å². The predicted octanol–water partition coefficient (Wildman–Crippen LogP) is 5.98. The molecule has 0 fully saturated rings. The van der Waals surface area contributed by atoms with Gasteiger partial charge < -0.3 is 0 Å². The van der Waals surface area contributed by atoms with Gasteiger partial charge in [0.25, 0.3) is 0 Å². The van der Waals surface area contributed by atoms with Gasteiger partial charge >= 0.3 is 0 Å². The maximum absolute atomic E-state index is 12.7. The fourth-order valence-corrected chi connectivity index (χ4v) is 2.65. The SMILES string of the molecule is O=C(c1ccccc1)c1cc(Cl)ccc1N=Cc1cccc(Cl)c1. The smallest absolute Gasteiger partial charge is 0.195 e. The van der Waals surface area contributed by atoms with Crippen molar-refractivity contribution in [2.45, 2.75) is 0 Å². The summed E-state index contributed by atoms with van der Waals surface area (Å²) in [5, 5.41) is 1.13. The summed E-state index contributed by atoms with van der Waals surface area (Å²) >= 11 is 12.0. The maximum Gasteiger partial charge on any atom is 0.195 e. The van der Waals surface area contributed by atoms with E-state index in [0.717, 1.165) is 5.56 Å². The molecule has 0 amide bonds. The van der Waals surface area contributed by atoms with Gasteiger partial charge in [-0.1, -0.05) is 65.7 Å². The topological polar surface area (TPSA) is 29.4 Å². The lowest BCUT2D eigenvalue weighted by Crippen LogP contribution is -2.01. The first-order valence-corrected chi connectivity index (χ1v) is 8.08. The molecule has 0 heterocycles. The van der Waals surface area contributed by atoms with Gasteiger partial charge in [0.1, 0.15) is 0 Å². The van der Waals surface area contributed by atoms with Gasteiger partial charge in [-0.05, 0) is 35.9 Å². The largest absolute Gasteiger partial charge is 0.289 e. The molecule has 3 rings (SSSR count). The monoisotopic (exact) mass is 353 g/mol. The van der Waals surface area contributed by atoms with E-state index in [1.165, 1.54) is 0 Å². The molecule has 0 saturated carbocycles. The lowest BCUT2D eigenvalue weighted by molar-refractivity contribution is 0.103. The number of hydrogen-bond acceptors (Lipinski definition) is 2. The van der Waals surface area contributed by atoms with Gasteiger partial charge in [-0.3, -0.25) is 9.79 Å². The molecule has 118 valence electrons. The molecule has 24 heavy (non-hydrogen) atoms. The zero-order valence-corrected chi connectivity index (χ0v) is 14.1. The summed E-state index contributed by atoms with van der Waals surface area (Å²) in [4.78, 5) is 17.2. The van der Waals surface area contributed by atoms with Crippen LogP contribution in [0, 0.1) is 0 Å². The second kappa shape index (κ2) is 7.43. The highest BCUT2D eigenvalue weighted by molar-refractivity contribution is 6.31. The molecule has 0 radical (unpaired) electrons. The van der Waals surface area contributed by atoms with Crippen molar-refractivity contribution < 1.29 is 4.79 Å². The van der Waals surface area contributed by atoms with Crippen LogP contribution < -0.4 is 0 Å². The van der Waals surface area contributed by atoms with Gasteiger partial charge in [0.05, 0.1) is 5.69 Å². The zero-order valence-electron chi connectivity index (χ0n) is 12.6. The summed E-state index contributed by atoms with van der Waals surface area (Å²) in [5.74, 6) is -0.114. The molecule has 0 aliphatic rings. The third kappa shape index (κ3) is 3.91. The van der Waals surface area contributed by atoms with Gasteiger partial charge in [-0.25, -0.2) is 0 Å². The standard InChI is InChI=1S/C20H13Cl2NO/c21-16-8-4-5-14(11-16)13-23-19-10-9-17(22)12-18(19)20(24)15-6-2-1-3-7-15/h1-13H. The number of nitrogens with zero attached hydrogens (tertiary/aromatic N) is 1. The molecule has 3 aromatic rings. The van der Waals surface area contributed by atoms with Gasteiger partial charge in [0, 0.05) is 27.4 Å². The normalized spacial score (nSPS) is 10.9. The van der Waals surface area contributed by atoms with Crippen LogP contribution in [0.3, 0.4) is 0 Å². The van der Waals surface area contributed by atoms with Crippen molar-refractivity contribution in [3.05, 3.63) is 99.5 Å². The van der Waals surface area contributed by atoms with Gasteiger partial charge in [-0.15, -0.1) is 0 Å². The third-order valence-corrected chi connectivity index (χ3v) is 3.91. The van der Waals surface area contributed by atoms with E-state index in [2.05, 4.69) is 4.99 Å². The average Bonchev–Trinajstić information content (AvgIpc) is 2.61. The minimum atomic E-state index is -0.114. The van der Waals surface area contributed by atoms with E-state index in [1.807, 2.05) is 30.3 Å². The van der Waals surface area contributed by atoms with Crippen molar-refractivity contribution >= 4 is 40.9 Å². The first-order valence-electron chi connectivity index (χ1n) is 7.32. The van der Waals surface area contributed by atoms with Crippen LogP contribution in [0.5, 0.6) is 0 Å².